The normalized spacial score (nSPS) is 18.2. The van der Waals surface area contributed by atoms with E-state index in [4.69, 9.17) is 2.74 Å². The average Bonchev–Trinajstić information content (AvgIpc) is 3.63. The monoisotopic (exact) mass is 517 g/mol. The van der Waals surface area contributed by atoms with Crippen molar-refractivity contribution in [2.24, 2.45) is 7.05 Å². The molecule has 0 saturated carbocycles. The number of carbonyl (C=O) groups is 2. The summed E-state index contributed by atoms with van der Waals surface area (Å²) in [6, 6.07) is 21.3. The predicted octanol–water partition coefficient (Wildman–Crippen LogP) is 4.93. The molecule has 39 heavy (non-hydrogen) atoms. The van der Waals surface area contributed by atoms with Gasteiger partial charge in [-0.25, -0.2) is 0 Å². The number of hydrogen-bond donors (Lipinski definition) is 1. The third-order valence-electron chi connectivity index (χ3n) is 7.90. The molecular formula is C32H29N5O2. The molecule has 1 fully saturated rings. The summed E-state index contributed by atoms with van der Waals surface area (Å²) >= 11 is 0. The van der Waals surface area contributed by atoms with E-state index >= 15 is 0 Å². The van der Waals surface area contributed by atoms with Crippen LogP contribution in [0, 0.1) is 0 Å². The van der Waals surface area contributed by atoms with Crippen LogP contribution in [0.1, 0.15) is 38.4 Å². The topological polar surface area (TPSA) is 72.2 Å². The van der Waals surface area contributed by atoms with Gasteiger partial charge in [0.25, 0.3) is 11.8 Å². The van der Waals surface area contributed by atoms with E-state index < -0.39 is 6.50 Å². The lowest BCUT2D eigenvalue weighted by Crippen LogP contribution is -2.34. The standard InChI is InChI=1S/C32H29N5O2/c1-35-19-25(23-9-2-4-11-27(23)35)29-30(32(39)34-31(29)38)26-20-37(28-12-5-3-10-24(26)28)22-13-16-36(17-14-22)18-21-8-6-7-15-33-21/h2-12,15,19-20,22H,13-14,16-18H2,1H3,(H,34,38,39)/i18D2. The van der Waals surface area contributed by atoms with Gasteiger partial charge in [-0.15, -0.1) is 0 Å². The van der Waals surface area contributed by atoms with E-state index in [0.29, 0.717) is 29.9 Å². The Morgan fingerprint density at radius 1 is 0.846 bits per heavy atom. The summed E-state index contributed by atoms with van der Waals surface area (Å²) in [6.45, 7) is -0.519. The number of pyridine rings is 1. The number of imide groups is 1. The second-order valence-corrected chi connectivity index (χ2v) is 10.2. The van der Waals surface area contributed by atoms with Crippen molar-refractivity contribution in [2.45, 2.75) is 25.4 Å². The molecule has 0 bridgehead atoms. The number of carbonyl (C=O) groups excluding carboxylic acids is 2. The molecule has 3 aromatic heterocycles. The van der Waals surface area contributed by atoms with Gasteiger partial charge < -0.3 is 9.13 Å². The number of fused-ring (bicyclic) bond motifs is 2. The first-order valence-electron chi connectivity index (χ1n) is 14.3. The molecule has 194 valence electrons. The fourth-order valence-corrected chi connectivity index (χ4v) is 6.06. The molecule has 5 aromatic rings. The van der Waals surface area contributed by atoms with Crippen LogP contribution in [0.2, 0.25) is 0 Å². The van der Waals surface area contributed by atoms with Crippen LogP contribution in [0.3, 0.4) is 0 Å². The molecule has 0 unspecified atom stereocenters. The first-order valence-corrected chi connectivity index (χ1v) is 13.3. The lowest BCUT2D eigenvalue weighted by molar-refractivity contribution is -0.122. The van der Waals surface area contributed by atoms with Crippen molar-refractivity contribution in [1.29, 1.82) is 0 Å². The maximum Gasteiger partial charge on any atom is 0.259 e. The highest BCUT2D eigenvalue weighted by molar-refractivity contribution is 6.50. The Balaban J connectivity index is 1.29. The zero-order valence-electron chi connectivity index (χ0n) is 23.6. The number of piperidine rings is 1. The highest BCUT2D eigenvalue weighted by Crippen LogP contribution is 2.40. The Morgan fingerprint density at radius 3 is 2.15 bits per heavy atom. The van der Waals surface area contributed by atoms with Crippen molar-refractivity contribution in [2.75, 3.05) is 13.1 Å². The Bertz CT molecular complexity index is 1860. The summed E-state index contributed by atoms with van der Waals surface area (Å²) in [4.78, 5) is 32.7. The number of aromatic nitrogens is 3. The van der Waals surface area contributed by atoms with Crippen LogP contribution in [0.25, 0.3) is 33.0 Å². The van der Waals surface area contributed by atoms with Gasteiger partial charge in [-0.3, -0.25) is 24.8 Å². The van der Waals surface area contributed by atoms with E-state index in [1.54, 1.807) is 18.3 Å². The number of nitrogens with one attached hydrogen (secondary N) is 1. The second kappa shape index (κ2) is 9.36. The molecular weight excluding hydrogens is 486 g/mol. The van der Waals surface area contributed by atoms with Crippen molar-refractivity contribution < 1.29 is 12.3 Å². The largest absolute Gasteiger partial charge is 0.350 e. The summed E-state index contributed by atoms with van der Waals surface area (Å²) in [6.07, 6.45) is 7.04. The minimum Gasteiger partial charge on any atom is -0.350 e. The van der Waals surface area contributed by atoms with Crippen LogP contribution in [0.4, 0.5) is 0 Å². The van der Waals surface area contributed by atoms with Crippen molar-refractivity contribution >= 4 is 44.8 Å². The Morgan fingerprint density at radius 2 is 1.46 bits per heavy atom. The molecule has 0 spiro atoms. The average molecular weight is 518 g/mol. The van der Waals surface area contributed by atoms with Crippen LogP contribution in [0.15, 0.2) is 85.3 Å². The van der Waals surface area contributed by atoms with Gasteiger partial charge in [-0.2, -0.15) is 0 Å². The van der Waals surface area contributed by atoms with E-state index in [9.17, 15) is 9.59 Å². The number of para-hydroxylation sites is 2. The van der Waals surface area contributed by atoms with Gasteiger partial charge >= 0.3 is 0 Å². The van der Waals surface area contributed by atoms with Crippen LogP contribution in [-0.4, -0.2) is 43.9 Å². The number of hydrogen-bond acceptors (Lipinski definition) is 4. The van der Waals surface area contributed by atoms with E-state index in [1.165, 1.54) is 0 Å². The van der Waals surface area contributed by atoms with Crippen molar-refractivity contribution in [1.82, 2.24) is 24.3 Å². The van der Waals surface area contributed by atoms with Gasteiger partial charge in [-0.05, 0) is 37.1 Å². The molecule has 1 N–H and O–H groups in total. The summed E-state index contributed by atoms with van der Waals surface area (Å²) in [5, 5.41) is 4.39. The van der Waals surface area contributed by atoms with E-state index in [1.807, 2.05) is 83.5 Å². The maximum absolute atomic E-state index is 13.4. The van der Waals surface area contributed by atoms with Gasteiger partial charge in [0.1, 0.15) is 0 Å². The van der Waals surface area contributed by atoms with Crippen molar-refractivity contribution in [3.8, 4) is 0 Å². The lowest BCUT2D eigenvalue weighted by Gasteiger charge is -2.33. The molecule has 1 saturated heterocycles. The Hall–Kier alpha value is -4.49. The van der Waals surface area contributed by atoms with Crippen molar-refractivity contribution in [3.63, 3.8) is 0 Å². The molecule has 7 rings (SSSR count). The highest BCUT2D eigenvalue weighted by atomic mass is 16.2. The third kappa shape index (κ3) is 3.97. The highest BCUT2D eigenvalue weighted by Gasteiger charge is 2.36. The number of aryl methyl sites for hydroxylation is 1. The third-order valence-corrected chi connectivity index (χ3v) is 7.90. The van der Waals surface area contributed by atoms with Gasteiger partial charge in [0, 0.05) is 86.9 Å². The SMILES string of the molecule is [2H]C([2H])(c1ccccn1)N1CCC(n2cc(C3=C(c4cn(C)c5ccccc45)C(=O)NC3=O)c3ccccc32)CC1. The number of benzene rings is 2. The van der Waals surface area contributed by atoms with Crippen LogP contribution in [0.5, 0.6) is 0 Å². The number of likely N-dealkylation sites (tertiary alicyclic amines) is 1. The summed E-state index contributed by atoms with van der Waals surface area (Å²) in [5.41, 5.74) is 4.66. The molecule has 0 aliphatic carbocycles. The number of rotatable bonds is 5. The summed E-state index contributed by atoms with van der Waals surface area (Å²) < 4.78 is 21.6. The summed E-state index contributed by atoms with van der Waals surface area (Å²) in [5.74, 6) is -0.776. The van der Waals surface area contributed by atoms with E-state index in [-0.39, 0.29) is 17.9 Å². The predicted molar refractivity (Wildman–Crippen MR) is 153 cm³/mol. The van der Waals surface area contributed by atoms with Gasteiger partial charge in [0.2, 0.25) is 0 Å². The zero-order chi connectivity index (χ0) is 28.3. The fourth-order valence-electron chi connectivity index (χ4n) is 6.06. The van der Waals surface area contributed by atoms with Gasteiger partial charge in [0.05, 0.1) is 16.8 Å². The minimum atomic E-state index is -1.66. The molecule has 2 aliphatic rings. The molecule has 2 aromatic carbocycles. The quantitative estimate of drug-likeness (QED) is 0.336. The molecule has 0 radical (unpaired) electrons. The first kappa shape index (κ1) is 21.4. The smallest absolute Gasteiger partial charge is 0.259 e. The number of nitrogens with zero attached hydrogens (tertiary/aromatic N) is 4. The summed E-state index contributed by atoms with van der Waals surface area (Å²) in [7, 11) is 1.94. The van der Waals surface area contributed by atoms with Gasteiger partial charge in [-0.1, -0.05) is 42.5 Å². The minimum absolute atomic E-state index is 0.117. The van der Waals surface area contributed by atoms with Crippen LogP contribution in [-0.2, 0) is 23.1 Å². The second-order valence-electron chi connectivity index (χ2n) is 10.2. The van der Waals surface area contributed by atoms with Crippen molar-refractivity contribution in [3.05, 3.63) is 102 Å². The molecule has 7 nitrogen and oxygen atoms in total. The van der Waals surface area contributed by atoms with E-state index in [2.05, 4.69) is 14.9 Å². The lowest BCUT2D eigenvalue weighted by atomic mass is 9.95. The Labute approximate surface area is 229 Å². The molecule has 5 heterocycles. The molecule has 2 amide bonds. The first-order chi connectivity index (χ1) is 19.8. The molecule has 2 aliphatic heterocycles. The van der Waals surface area contributed by atoms with Crippen LogP contribution >= 0.6 is 0 Å². The van der Waals surface area contributed by atoms with Gasteiger partial charge in [0.15, 0.2) is 0 Å². The van der Waals surface area contributed by atoms with E-state index in [0.717, 1.165) is 45.8 Å². The molecule has 7 heteroatoms. The Kier molecular flexibility index (Phi) is 5.15. The zero-order valence-corrected chi connectivity index (χ0v) is 21.6. The van der Waals surface area contributed by atoms with Crippen LogP contribution < -0.4 is 5.32 Å². The number of amides is 2. The maximum atomic E-state index is 13.4. The molecule has 0 atom stereocenters. The fraction of sp³-hybridized carbons (Fsp3) is 0.219.